The van der Waals surface area contributed by atoms with Crippen LogP contribution in [0.25, 0.3) is 10.9 Å². The first-order valence-corrected chi connectivity index (χ1v) is 6.31. The summed E-state index contributed by atoms with van der Waals surface area (Å²) >= 11 is 0. The molecule has 0 amide bonds. The van der Waals surface area contributed by atoms with Crippen molar-refractivity contribution in [1.82, 2.24) is 9.78 Å². The number of benzene rings is 1. The summed E-state index contributed by atoms with van der Waals surface area (Å²) in [5, 5.41) is 5.41. The highest BCUT2D eigenvalue weighted by Gasteiger charge is 2.17. The van der Waals surface area contributed by atoms with Crippen molar-refractivity contribution in [3.05, 3.63) is 30.0 Å². The van der Waals surface area contributed by atoms with Gasteiger partial charge in [-0.15, -0.1) is 0 Å². The van der Waals surface area contributed by atoms with Crippen LogP contribution >= 0.6 is 0 Å². The molecule has 5 nitrogen and oxygen atoms in total. The number of hydrogen-bond donors (Lipinski definition) is 1. The maximum atomic E-state index is 12.0. The van der Waals surface area contributed by atoms with Crippen molar-refractivity contribution >= 4 is 16.7 Å². The molecule has 1 unspecified atom stereocenters. The van der Waals surface area contributed by atoms with Crippen molar-refractivity contribution in [2.75, 3.05) is 13.7 Å². The van der Waals surface area contributed by atoms with Gasteiger partial charge in [-0.05, 0) is 12.5 Å². The van der Waals surface area contributed by atoms with Crippen LogP contribution in [0.1, 0.15) is 12.1 Å². The third-order valence-electron chi connectivity index (χ3n) is 3.22. The van der Waals surface area contributed by atoms with E-state index in [2.05, 4.69) is 5.10 Å². The quantitative estimate of drug-likeness (QED) is 0.843. The van der Waals surface area contributed by atoms with E-state index in [9.17, 15) is 4.79 Å². The Kier molecular flexibility index (Phi) is 4.29. The smallest absolute Gasteiger partial charge is 0.155 e. The molecule has 1 heterocycles. The van der Waals surface area contributed by atoms with Gasteiger partial charge in [-0.25, -0.2) is 0 Å². The second-order valence-corrected chi connectivity index (χ2v) is 4.62. The molecule has 0 bridgehead atoms. The van der Waals surface area contributed by atoms with Gasteiger partial charge in [0.05, 0.1) is 23.7 Å². The Hall–Kier alpha value is -1.72. The maximum absolute atomic E-state index is 12.0. The first-order chi connectivity index (χ1) is 9.13. The SMILES string of the molecule is COCCC(N)C(=O)Cc1nn(C)c2ccccc12. The molecule has 2 N–H and O–H groups in total. The molecule has 19 heavy (non-hydrogen) atoms. The fourth-order valence-corrected chi connectivity index (χ4v) is 2.12. The number of nitrogens with two attached hydrogens (primary N) is 1. The predicted molar refractivity (Wildman–Crippen MR) is 73.9 cm³/mol. The average Bonchev–Trinajstić information content (AvgIpc) is 2.73. The first-order valence-electron chi connectivity index (χ1n) is 6.31. The lowest BCUT2D eigenvalue weighted by atomic mass is 10.0. The highest BCUT2D eigenvalue weighted by atomic mass is 16.5. The lowest BCUT2D eigenvalue weighted by molar-refractivity contribution is -0.120. The standard InChI is InChI=1S/C14H19N3O2/c1-17-13-6-4-3-5-10(13)12(16-17)9-14(18)11(15)7-8-19-2/h3-6,11H,7-9,15H2,1-2H3. The Morgan fingerprint density at radius 2 is 2.21 bits per heavy atom. The van der Waals surface area contributed by atoms with E-state index in [1.165, 1.54) is 0 Å². The molecule has 0 aliphatic heterocycles. The Balaban J connectivity index is 2.15. The van der Waals surface area contributed by atoms with E-state index in [0.717, 1.165) is 16.6 Å². The van der Waals surface area contributed by atoms with Crippen molar-refractivity contribution in [1.29, 1.82) is 0 Å². The number of nitrogens with zero attached hydrogens (tertiary/aromatic N) is 2. The van der Waals surface area contributed by atoms with Gasteiger partial charge in [0.2, 0.25) is 0 Å². The Morgan fingerprint density at radius 3 is 2.95 bits per heavy atom. The summed E-state index contributed by atoms with van der Waals surface area (Å²) < 4.78 is 6.73. The van der Waals surface area contributed by atoms with E-state index < -0.39 is 6.04 Å². The van der Waals surface area contributed by atoms with E-state index in [4.69, 9.17) is 10.5 Å². The van der Waals surface area contributed by atoms with Crippen LogP contribution in [-0.4, -0.2) is 35.3 Å². The van der Waals surface area contributed by atoms with Gasteiger partial charge in [0.1, 0.15) is 0 Å². The summed E-state index contributed by atoms with van der Waals surface area (Å²) in [5.41, 5.74) is 7.65. The number of para-hydroxylation sites is 1. The molecule has 102 valence electrons. The molecule has 0 fully saturated rings. The topological polar surface area (TPSA) is 70.1 Å². The number of aromatic nitrogens is 2. The summed E-state index contributed by atoms with van der Waals surface area (Å²) in [6.07, 6.45) is 0.812. The first kappa shape index (κ1) is 13.7. The lowest BCUT2D eigenvalue weighted by Crippen LogP contribution is -2.33. The summed E-state index contributed by atoms with van der Waals surface area (Å²) in [5.74, 6) is 0.000836. The Labute approximate surface area is 112 Å². The van der Waals surface area contributed by atoms with E-state index in [-0.39, 0.29) is 12.2 Å². The highest BCUT2D eigenvalue weighted by molar-refractivity contribution is 5.90. The second-order valence-electron chi connectivity index (χ2n) is 4.62. The number of aryl methyl sites for hydroxylation is 1. The van der Waals surface area contributed by atoms with Crippen LogP contribution < -0.4 is 5.73 Å². The number of carbonyl (C=O) groups is 1. The number of ether oxygens (including phenoxy) is 1. The molecule has 2 aromatic rings. The molecule has 1 aromatic heterocycles. The summed E-state index contributed by atoms with van der Waals surface area (Å²) in [4.78, 5) is 12.0. The minimum absolute atomic E-state index is 0.000836. The third kappa shape index (κ3) is 3.00. The summed E-state index contributed by atoms with van der Waals surface area (Å²) in [7, 11) is 3.48. The van der Waals surface area contributed by atoms with Crippen LogP contribution in [0.15, 0.2) is 24.3 Å². The molecular weight excluding hydrogens is 242 g/mol. The maximum Gasteiger partial charge on any atom is 0.155 e. The highest BCUT2D eigenvalue weighted by Crippen LogP contribution is 2.18. The van der Waals surface area contributed by atoms with E-state index in [1.807, 2.05) is 31.3 Å². The molecule has 0 saturated carbocycles. The van der Waals surface area contributed by atoms with Crippen molar-refractivity contribution in [3.63, 3.8) is 0 Å². The number of Topliss-reactive ketones (excluding diaryl/α,β-unsaturated/α-hetero) is 1. The van der Waals surface area contributed by atoms with Crippen LogP contribution in [0.3, 0.4) is 0 Å². The lowest BCUT2D eigenvalue weighted by Gasteiger charge is -2.08. The molecule has 1 aromatic carbocycles. The minimum atomic E-state index is -0.485. The zero-order chi connectivity index (χ0) is 13.8. The zero-order valence-electron chi connectivity index (χ0n) is 11.3. The molecule has 2 rings (SSSR count). The monoisotopic (exact) mass is 261 g/mol. The summed E-state index contributed by atoms with van der Waals surface area (Å²) in [6, 6.07) is 7.39. The third-order valence-corrected chi connectivity index (χ3v) is 3.22. The molecule has 0 aliphatic rings. The number of ketones is 1. The molecule has 0 saturated heterocycles. The fourth-order valence-electron chi connectivity index (χ4n) is 2.12. The largest absolute Gasteiger partial charge is 0.385 e. The molecule has 5 heteroatoms. The van der Waals surface area contributed by atoms with Gasteiger partial charge in [0.25, 0.3) is 0 Å². The van der Waals surface area contributed by atoms with Gasteiger partial charge in [-0.2, -0.15) is 5.10 Å². The number of fused-ring (bicyclic) bond motifs is 1. The van der Waals surface area contributed by atoms with Crippen molar-refractivity contribution in [2.45, 2.75) is 18.9 Å². The van der Waals surface area contributed by atoms with Gasteiger partial charge in [0.15, 0.2) is 5.78 Å². The van der Waals surface area contributed by atoms with Crippen LogP contribution in [0, 0.1) is 0 Å². The van der Waals surface area contributed by atoms with Gasteiger partial charge in [-0.1, -0.05) is 18.2 Å². The van der Waals surface area contributed by atoms with E-state index >= 15 is 0 Å². The Bertz CT molecular complexity index is 577. The summed E-state index contributed by atoms with van der Waals surface area (Å²) in [6.45, 7) is 0.496. The van der Waals surface area contributed by atoms with Gasteiger partial charge < -0.3 is 10.5 Å². The fraction of sp³-hybridized carbons (Fsp3) is 0.429. The van der Waals surface area contributed by atoms with Crippen LogP contribution in [0.4, 0.5) is 0 Å². The predicted octanol–water partition coefficient (Wildman–Crippen LogP) is 1.05. The molecule has 0 aliphatic carbocycles. The average molecular weight is 261 g/mol. The number of rotatable bonds is 6. The van der Waals surface area contributed by atoms with Crippen LogP contribution in [-0.2, 0) is 23.0 Å². The second kappa shape index (κ2) is 5.95. The van der Waals surface area contributed by atoms with Crippen LogP contribution in [0.2, 0.25) is 0 Å². The van der Waals surface area contributed by atoms with E-state index in [1.54, 1.807) is 11.8 Å². The van der Waals surface area contributed by atoms with Crippen molar-refractivity contribution in [2.24, 2.45) is 12.8 Å². The van der Waals surface area contributed by atoms with Crippen LogP contribution in [0.5, 0.6) is 0 Å². The van der Waals surface area contributed by atoms with Gasteiger partial charge in [0, 0.05) is 26.2 Å². The van der Waals surface area contributed by atoms with Gasteiger partial charge in [-0.3, -0.25) is 9.48 Å². The Morgan fingerprint density at radius 1 is 1.47 bits per heavy atom. The van der Waals surface area contributed by atoms with Crippen molar-refractivity contribution < 1.29 is 9.53 Å². The number of methoxy groups -OCH3 is 1. The number of hydrogen-bond acceptors (Lipinski definition) is 4. The molecule has 0 spiro atoms. The molecule has 0 radical (unpaired) electrons. The molecular formula is C14H19N3O2. The zero-order valence-corrected chi connectivity index (χ0v) is 11.3. The molecule has 1 atom stereocenters. The van der Waals surface area contributed by atoms with E-state index in [0.29, 0.717) is 13.0 Å². The normalized spacial score (nSPS) is 12.8. The van der Waals surface area contributed by atoms with Gasteiger partial charge >= 0.3 is 0 Å². The van der Waals surface area contributed by atoms with Crippen molar-refractivity contribution in [3.8, 4) is 0 Å². The number of carbonyl (C=O) groups excluding carboxylic acids is 1. The minimum Gasteiger partial charge on any atom is -0.385 e.